The summed E-state index contributed by atoms with van der Waals surface area (Å²) in [6.45, 7) is 3.79. The van der Waals surface area contributed by atoms with Crippen LogP contribution >= 0.6 is 0 Å². The highest BCUT2D eigenvalue weighted by atomic mass is 16.2. The third-order valence-corrected chi connectivity index (χ3v) is 2.89. The summed E-state index contributed by atoms with van der Waals surface area (Å²) >= 11 is 0. The van der Waals surface area contributed by atoms with E-state index in [-0.39, 0.29) is 5.91 Å². The van der Waals surface area contributed by atoms with Crippen LogP contribution in [0, 0.1) is 5.92 Å². The van der Waals surface area contributed by atoms with Crippen LogP contribution in [-0.2, 0) is 0 Å². The molecule has 1 fully saturated rings. The number of carbonyl (C=O) groups excluding carboxylic acids is 1. The molecule has 0 spiro atoms. The highest BCUT2D eigenvalue weighted by molar-refractivity contribution is 5.98. The van der Waals surface area contributed by atoms with Gasteiger partial charge in [0, 0.05) is 19.3 Å². The second-order valence-electron chi connectivity index (χ2n) is 4.19. The Kier molecular flexibility index (Phi) is 3.05. The number of nitrogens with zero attached hydrogens (tertiary/aromatic N) is 2. The van der Waals surface area contributed by atoms with Crippen molar-refractivity contribution >= 4 is 11.7 Å². The van der Waals surface area contributed by atoms with Crippen LogP contribution in [0.25, 0.3) is 0 Å². The average molecular weight is 220 g/mol. The fourth-order valence-electron chi connectivity index (χ4n) is 1.98. The number of amides is 1. The molecule has 16 heavy (non-hydrogen) atoms. The summed E-state index contributed by atoms with van der Waals surface area (Å²) in [6, 6.07) is 3.49. The van der Waals surface area contributed by atoms with Crippen molar-refractivity contribution in [2.24, 2.45) is 11.8 Å². The number of pyridine rings is 1. The highest BCUT2D eigenvalue weighted by Gasteiger charge is 2.25. The molecule has 5 nitrogen and oxygen atoms in total. The topological polar surface area (TPSA) is 71.2 Å². The number of rotatable bonds is 2. The Balaban J connectivity index is 2.20. The molecule has 2 heterocycles. The molecule has 1 aliphatic heterocycles. The number of hydrazine groups is 1. The second-order valence-corrected chi connectivity index (χ2v) is 4.19. The van der Waals surface area contributed by atoms with Crippen LogP contribution in [-0.4, -0.2) is 28.9 Å². The Morgan fingerprint density at radius 2 is 2.50 bits per heavy atom. The Morgan fingerprint density at radius 3 is 3.12 bits per heavy atom. The zero-order valence-electron chi connectivity index (χ0n) is 9.31. The van der Waals surface area contributed by atoms with Crippen molar-refractivity contribution in [3.05, 3.63) is 23.9 Å². The Bertz CT molecular complexity index is 393. The van der Waals surface area contributed by atoms with Gasteiger partial charge in [-0.25, -0.2) is 10.8 Å². The molecule has 5 heteroatoms. The van der Waals surface area contributed by atoms with Gasteiger partial charge in [-0.1, -0.05) is 6.92 Å². The lowest BCUT2D eigenvalue weighted by molar-refractivity contribution is 0.0788. The van der Waals surface area contributed by atoms with Gasteiger partial charge in [-0.3, -0.25) is 4.79 Å². The van der Waals surface area contributed by atoms with Gasteiger partial charge < -0.3 is 10.3 Å². The first-order valence-electron chi connectivity index (χ1n) is 5.43. The van der Waals surface area contributed by atoms with E-state index in [9.17, 15) is 4.79 Å². The van der Waals surface area contributed by atoms with Crippen molar-refractivity contribution < 1.29 is 4.79 Å². The highest BCUT2D eigenvalue weighted by Crippen LogP contribution is 2.20. The molecule has 3 N–H and O–H groups in total. The molecule has 1 aliphatic rings. The first-order valence-corrected chi connectivity index (χ1v) is 5.43. The molecule has 1 saturated heterocycles. The van der Waals surface area contributed by atoms with Gasteiger partial charge in [-0.2, -0.15) is 0 Å². The smallest absolute Gasteiger partial charge is 0.257 e. The van der Waals surface area contributed by atoms with Crippen LogP contribution in [0.15, 0.2) is 18.3 Å². The summed E-state index contributed by atoms with van der Waals surface area (Å²) in [5.41, 5.74) is 2.99. The van der Waals surface area contributed by atoms with E-state index < -0.39 is 0 Å². The molecule has 0 saturated carbocycles. The lowest BCUT2D eigenvalue weighted by atomic mass is 10.2. The van der Waals surface area contributed by atoms with Gasteiger partial charge in [0.15, 0.2) is 5.82 Å². The minimum absolute atomic E-state index is 0.00500. The quantitative estimate of drug-likeness (QED) is 0.572. The summed E-state index contributed by atoms with van der Waals surface area (Å²) in [7, 11) is 0. The zero-order chi connectivity index (χ0) is 11.5. The van der Waals surface area contributed by atoms with Crippen molar-refractivity contribution in [1.82, 2.24) is 9.88 Å². The van der Waals surface area contributed by atoms with Gasteiger partial charge in [0.05, 0.1) is 5.56 Å². The van der Waals surface area contributed by atoms with E-state index in [1.165, 1.54) is 0 Å². The molecule has 1 atom stereocenters. The van der Waals surface area contributed by atoms with Crippen LogP contribution in [0.5, 0.6) is 0 Å². The lowest BCUT2D eigenvalue weighted by Crippen LogP contribution is -2.29. The molecule has 0 aromatic carbocycles. The number of nitrogens with one attached hydrogen (secondary N) is 1. The fraction of sp³-hybridized carbons (Fsp3) is 0.455. The summed E-state index contributed by atoms with van der Waals surface area (Å²) in [5, 5.41) is 0. The van der Waals surface area contributed by atoms with E-state index in [0.29, 0.717) is 17.3 Å². The average Bonchev–Trinajstić information content (AvgIpc) is 2.75. The molecule has 1 aromatic heterocycles. The molecule has 0 aliphatic carbocycles. The predicted octanol–water partition coefficient (Wildman–Crippen LogP) is 0.849. The van der Waals surface area contributed by atoms with Crippen molar-refractivity contribution in [3.63, 3.8) is 0 Å². The van der Waals surface area contributed by atoms with Gasteiger partial charge >= 0.3 is 0 Å². The summed E-state index contributed by atoms with van der Waals surface area (Å²) < 4.78 is 0. The third-order valence-electron chi connectivity index (χ3n) is 2.89. The first-order chi connectivity index (χ1) is 7.72. The Morgan fingerprint density at radius 1 is 1.69 bits per heavy atom. The van der Waals surface area contributed by atoms with Gasteiger partial charge in [0.25, 0.3) is 5.91 Å². The SMILES string of the molecule is CC1CCN(C(=O)c2cccnc2NN)C1. The Hall–Kier alpha value is -1.62. The van der Waals surface area contributed by atoms with E-state index in [1.807, 2.05) is 4.90 Å². The van der Waals surface area contributed by atoms with Crippen molar-refractivity contribution in [2.75, 3.05) is 18.5 Å². The number of hydrogen-bond acceptors (Lipinski definition) is 4. The molecule has 86 valence electrons. The second kappa shape index (κ2) is 4.49. The van der Waals surface area contributed by atoms with Gasteiger partial charge in [-0.05, 0) is 24.5 Å². The number of anilines is 1. The normalized spacial score (nSPS) is 19.9. The maximum Gasteiger partial charge on any atom is 0.257 e. The number of nitrogen functional groups attached to an aromatic ring is 1. The first kappa shape index (κ1) is 10.9. The zero-order valence-corrected chi connectivity index (χ0v) is 9.31. The van der Waals surface area contributed by atoms with Crippen LogP contribution in [0.3, 0.4) is 0 Å². The lowest BCUT2D eigenvalue weighted by Gasteiger charge is -2.17. The van der Waals surface area contributed by atoms with E-state index in [0.717, 1.165) is 19.5 Å². The number of aromatic nitrogens is 1. The van der Waals surface area contributed by atoms with Gasteiger partial charge in [-0.15, -0.1) is 0 Å². The summed E-state index contributed by atoms with van der Waals surface area (Å²) in [6.07, 6.45) is 2.68. The van der Waals surface area contributed by atoms with Crippen LogP contribution in [0.2, 0.25) is 0 Å². The van der Waals surface area contributed by atoms with E-state index in [4.69, 9.17) is 5.84 Å². The number of carbonyl (C=O) groups is 1. The number of hydrogen-bond donors (Lipinski definition) is 2. The predicted molar refractivity (Wildman–Crippen MR) is 61.7 cm³/mol. The molecule has 1 aromatic rings. The molecule has 1 unspecified atom stereocenters. The van der Waals surface area contributed by atoms with Crippen LogP contribution < -0.4 is 11.3 Å². The maximum absolute atomic E-state index is 12.2. The standard InChI is InChI=1S/C11H16N4O/c1-8-4-6-15(7-8)11(16)9-3-2-5-13-10(9)14-12/h2-3,5,8H,4,6-7,12H2,1H3,(H,13,14). The minimum Gasteiger partial charge on any atom is -0.338 e. The molecule has 2 rings (SSSR count). The van der Waals surface area contributed by atoms with E-state index >= 15 is 0 Å². The number of nitrogens with two attached hydrogens (primary N) is 1. The van der Waals surface area contributed by atoms with Crippen molar-refractivity contribution in [1.29, 1.82) is 0 Å². The van der Waals surface area contributed by atoms with Crippen LogP contribution in [0.4, 0.5) is 5.82 Å². The molecule has 0 bridgehead atoms. The van der Waals surface area contributed by atoms with Crippen molar-refractivity contribution in [3.8, 4) is 0 Å². The van der Waals surface area contributed by atoms with Crippen LogP contribution in [0.1, 0.15) is 23.7 Å². The monoisotopic (exact) mass is 220 g/mol. The molecule has 0 radical (unpaired) electrons. The molecular formula is C11H16N4O. The third kappa shape index (κ3) is 1.99. The van der Waals surface area contributed by atoms with Crippen molar-refractivity contribution in [2.45, 2.75) is 13.3 Å². The minimum atomic E-state index is 0.00500. The summed E-state index contributed by atoms with van der Waals surface area (Å²) in [4.78, 5) is 18.0. The van der Waals surface area contributed by atoms with E-state index in [1.54, 1.807) is 18.3 Å². The number of likely N-dealkylation sites (tertiary alicyclic amines) is 1. The van der Waals surface area contributed by atoms with Gasteiger partial charge in [0.2, 0.25) is 0 Å². The summed E-state index contributed by atoms with van der Waals surface area (Å²) in [5.74, 6) is 6.35. The largest absolute Gasteiger partial charge is 0.338 e. The van der Waals surface area contributed by atoms with E-state index in [2.05, 4.69) is 17.3 Å². The van der Waals surface area contributed by atoms with Gasteiger partial charge in [0.1, 0.15) is 0 Å². The Labute approximate surface area is 94.6 Å². The molecule has 1 amide bonds. The molecular weight excluding hydrogens is 204 g/mol. The maximum atomic E-state index is 12.2. The fourth-order valence-corrected chi connectivity index (χ4v) is 1.98.